The van der Waals surface area contributed by atoms with E-state index in [9.17, 15) is 4.79 Å². The molecule has 0 amide bonds. The fourth-order valence-corrected chi connectivity index (χ4v) is 1.21. The summed E-state index contributed by atoms with van der Waals surface area (Å²) in [4.78, 5) is 11.4. The van der Waals surface area contributed by atoms with Gasteiger partial charge in [-0.2, -0.15) is 0 Å². The maximum Gasteiger partial charge on any atom is 0.313 e. The molecule has 0 fully saturated rings. The van der Waals surface area contributed by atoms with E-state index >= 15 is 0 Å². The van der Waals surface area contributed by atoms with Gasteiger partial charge in [0.25, 0.3) is 0 Å². The molecule has 1 aromatic rings. The third-order valence-corrected chi connectivity index (χ3v) is 2.17. The highest BCUT2D eigenvalue weighted by atomic mass is 16.5. The average molecular weight is 216 g/mol. The number of ether oxygens (including phenoxy) is 1. The van der Waals surface area contributed by atoms with Crippen molar-refractivity contribution in [2.24, 2.45) is 5.92 Å². The number of carbonyl (C=O) groups is 1. The monoisotopic (exact) mass is 216 g/mol. The Morgan fingerprint density at radius 1 is 1.44 bits per heavy atom. The van der Waals surface area contributed by atoms with Crippen molar-refractivity contribution in [3.05, 3.63) is 54.8 Å². The van der Waals surface area contributed by atoms with E-state index in [0.717, 1.165) is 5.56 Å². The van der Waals surface area contributed by atoms with E-state index in [1.165, 1.54) is 6.26 Å². The zero-order valence-corrected chi connectivity index (χ0v) is 9.43. The van der Waals surface area contributed by atoms with E-state index in [-0.39, 0.29) is 11.9 Å². The first kappa shape index (κ1) is 12.2. The Labute approximate surface area is 96.2 Å². The molecule has 0 aromatic heterocycles. The van der Waals surface area contributed by atoms with Gasteiger partial charge in [-0.15, -0.1) is 6.58 Å². The standard InChI is InChI=1S/C14H16O2/c1-3-7-12(2)14(15)16-11-10-13-8-5-4-6-9-13/h3-6,8-12H,1,7H2,2H3. The Hall–Kier alpha value is -1.83. The number of allylic oxidation sites excluding steroid dienone is 1. The molecule has 0 saturated carbocycles. The van der Waals surface area contributed by atoms with Gasteiger partial charge >= 0.3 is 5.97 Å². The minimum absolute atomic E-state index is 0.141. The smallest absolute Gasteiger partial charge is 0.313 e. The molecule has 0 aliphatic rings. The first-order valence-electron chi connectivity index (χ1n) is 5.27. The van der Waals surface area contributed by atoms with Crippen molar-refractivity contribution in [3.8, 4) is 0 Å². The van der Waals surface area contributed by atoms with Crippen LogP contribution in [0.4, 0.5) is 0 Å². The van der Waals surface area contributed by atoms with Crippen LogP contribution in [-0.2, 0) is 9.53 Å². The van der Waals surface area contributed by atoms with E-state index in [0.29, 0.717) is 6.42 Å². The molecule has 0 saturated heterocycles. The first-order chi connectivity index (χ1) is 7.74. The lowest BCUT2D eigenvalue weighted by Gasteiger charge is -2.04. The molecule has 0 radical (unpaired) electrons. The molecule has 84 valence electrons. The van der Waals surface area contributed by atoms with Gasteiger partial charge in [0.2, 0.25) is 0 Å². The lowest BCUT2D eigenvalue weighted by atomic mass is 10.1. The van der Waals surface area contributed by atoms with Gasteiger partial charge in [0.05, 0.1) is 12.2 Å². The van der Waals surface area contributed by atoms with E-state index in [4.69, 9.17) is 4.74 Å². The van der Waals surface area contributed by atoms with Crippen molar-refractivity contribution in [3.63, 3.8) is 0 Å². The normalized spacial score (nSPS) is 12.3. The van der Waals surface area contributed by atoms with Gasteiger partial charge in [-0.3, -0.25) is 4.79 Å². The van der Waals surface area contributed by atoms with Gasteiger partial charge in [-0.25, -0.2) is 0 Å². The van der Waals surface area contributed by atoms with Crippen molar-refractivity contribution in [1.29, 1.82) is 0 Å². The van der Waals surface area contributed by atoms with Crippen LogP contribution in [0.3, 0.4) is 0 Å². The molecule has 2 heteroatoms. The molecule has 0 aliphatic carbocycles. The predicted molar refractivity (Wildman–Crippen MR) is 65.5 cm³/mol. The molecule has 0 N–H and O–H groups in total. The van der Waals surface area contributed by atoms with E-state index < -0.39 is 0 Å². The summed E-state index contributed by atoms with van der Waals surface area (Å²) in [6.07, 6.45) is 5.54. The number of benzene rings is 1. The summed E-state index contributed by atoms with van der Waals surface area (Å²) in [5, 5.41) is 0. The van der Waals surface area contributed by atoms with Crippen LogP contribution < -0.4 is 0 Å². The summed E-state index contributed by atoms with van der Waals surface area (Å²) in [5.74, 6) is -0.370. The second kappa shape index (κ2) is 6.62. The summed E-state index contributed by atoms with van der Waals surface area (Å²) in [7, 11) is 0. The second-order valence-electron chi connectivity index (χ2n) is 3.58. The maximum atomic E-state index is 11.4. The van der Waals surface area contributed by atoms with Crippen LogP contribution in [0.2, 0.25) is 0 Å². The van der Waals surface area contributed by atoms with Gasteiger partial charge in [-0.1, -0.05) is 43.3 Å². The van der Waals surface area contributed by atoms with Crippen LogP contribution in [0.15, 0.2) is 49.2 Å². The third-order valence-electron chi connectivity index (χ3n) is 2.17. The zero-order valence-electron chi connectivity index (χ0n) is 9.43. The average Bonchev–Trinajstić information content (AvgIpc) is 2.30. The van der Waals surface area contributed by atoms with E-state index in [1.54, 1.807) is 12.2 Å². The lowest BCUT2D eigenvalue weighted by molar-refractivity contribution is -0.141. The van der Waals surface area contributed by atoms with Crippen LogP contribution in [-0.4, -0.2) is 5.97 Å². The summed E-state index contributed by atoms with van der Waals surface area (Å²) in [6.45, 7) is 5.40. The number of rotatable bonds is 5. The molecule has 2 nitrogen and oxygen atoms in total. The molecule has 0 heterocycles. The number of carbonyl (C=O) groups excluding carboxylic acids is 1. The van der Waals surface area contributed by atoms with Gasteiger partial charge in [0.1, 0.15) is 0 Å². The van der Waals surface area contributed by atoms with Crippen LogP contribution in [0, 0.1) is 5.92 Å². The van der Waals surface area contributed by atoms with E-state index in [2.05, 4.69) is 6.58 Å². The Kier molecular flexibility index (Phi) is 5.06. The summed E-state index contributed by atoms with van der Waals surface area (Å²) < 4.78 is 4.99. The number of esters is 1. The van der Waals surface area contributed by atoms with Gasteiger partial charge in [0.15, 0.2) is 0 Å². The summed E-state index contributed by atoms with van der Waals surface area (Å²) in [5.41, 5.74) is 1.01. The Bertz CT molecular complexity index is 366. The molecular formula is C14H16O2. The van der Waals surface area contributed by atoms with Crippen molar-refractivity contribution < 1.29 is 9.53 Å². The van der Waals surface area contributed by atoms with Gasteiger partial charge in [-0.05, 0) is 18.1 Å². The largest absolute Gasteiger partial charge is 0.434 e. The van der Waals surface area contributed by atoms with Crippen molar-refractivity contribution in [2.45, 2.75) is 13.3 Å². The maximum absolute atomic E-state index is 11.4. The zero-order chi connectivity index (χ0) is 11.8. The molecular weight excluding hydrogens is 200 g/mol. The minimum atomic E-state index is -0.230. The number of hydrogen-bond donors (Lipinski definition) is 0. The summed E-state index contributed by atoms with van der Waals surface area (Å²) in [6, 6.07) is 9.69. The van der Waals surface area contributed by atoms with Crippen LogP contribution in [0.25, 0.3) is 6.08 Å². The number of hydrogen-bond acceptors (Lipinski definition) is 2. The molecule has 0 aliphatic heterocycles. The highest BCUT2D eigenvalue weighted by molar-refractivity contribution is 5.73. The highest BCUT2D eigenvalue weighted by Gasteiger charge is 2.10. The molecule has 0 bridgehead atoms. The molecule has 16 heavy (non-hydrogen) atoms. The Balaban J connectivity index is 2.43. The van der Waals surface area contributed by atoms with Crippen molar-refractivity contribution in [1.82, 2.24) is 0 Å². The van der Waals surface area contributed by atoms with Crippen LogP contribution in [0.1, 0.15) is 18.9 Å². The third kappa shape index (κ3) is 4.13. The fraction of sp³-hybridized carbons (Fsp3) is 0.214. The molecule has 0 spiro atoms. The lowest BCUT2D eigenvalue weighted by Crippen LogP contribution is -2.10. The molecule has 1 aromatic carbocycles. The van der Waals surface area contributed by atoms with Crippen LogP contribution in [0.5, 0.6) is 0 Å². The Morgan fingerprint density at radius 2 is 2.12 bits per heavy atom. The van der Waals surface area contributed by atoms with Crippen molar-refractivity contribution in [2.75, 3.05) is 0 Å². The first-order valence-corrected chi connectivity index (χ1v) is 5.27. The fourth-order valence-electron chi connectivity index (χ4n) is 1.21. The predicted octanol–water partition coefficient (Wildman–Crippen LogP) is 3.41. The van der Waals surface area contributed by atoms with Crippen molar-refractivity contribution >= 4 is 12.0 Å². The molecule has 1 unspecified atom stereocenters. The van der Waals surface area contributed by atoms with E-state index in [1.807, 2.05) is 37.3 Å². The SMILES string of the molecule is C=CCC(C)C(=O)OC=Cc1ccccc1. The quantitative estimate of drug-likeness (QED) is 0.428. The van der Waals surface area contributed by atoms with Gasteiger partial charge in [0, 0.05) is 0 Å². The molecule has 1 atom stereocenters. The molecule has 1 rings (SSSR count). The second-order valence-corrected chi connectivity index (χ2v) is 3.58. The highest BCUT2D eigenvalue weighted by Crippen LogP contribution is 2.06. The Morgan fingerprint density at radius 3 is 2.75 bits per heavy atom. The topological polar surface area (TPSA) is 26.3 Å². The van der Waals surface area contributed by atoms with Crippen LogP contribution >= 0.6 is 0 Å². The van der Waals surface area contributed by atoms with Gasteiger partial charge < -0.3 is 4.74 Å². The minimum Gasteiger partial charge on any atom is -0.434 e. The summed E-state index contributed by atoms with van der Waals surface area (Å²) >= 11 is 0.